The number of rotatable bonds is 6. The molecule has 3 aromatic rings. The number of aryl methyl sites for hydroxylation is 2. The van der Waals surface area contributed by atoms with Gasteiger partial charge in [-0.2, -0.15) is 0 Å². The largest absolute Gasteiger partial charge is 0.489 e. The Labute approximate surface area is 154 Å². The second kappa shape index (κ2) is 7.69. The molecule has 138 valence electrons. The lowest BCUT2D eigenvalue weighted by Crippen LogP contribution is -2.16. The molecule has 0 radical (unpaired) electrons. The fourth-order valence-electron chi connectivity index (χ4n) is 2.49. The van der Waals surface area contributed by atoms with Gasteiger partial charge in [0.25, 0.3) is 11.6 Å². The lowest BCUT2D eigenvalue weighted by Gasteiger charge is -2.08. The van der Waals surface area contributed by atoms with E-state index in [1.807, 2.05) is 18.2 Å². The lowest BCUT2D eigenvalue weighted by molar-refractivity contribution is -0.384. The molecule has 0 fully saturated rings. The second-order valence-corrected chi connectivity index (χ2v) is 5.90. The van der Waals surface area contributed by atoms with Gasteiger partial charge in [0, 0.05) is 6.07 Å². The minimum absolute atomic E-state index is 0.0262. The van der Waals surface area contributed by atoms with Crippen LogP contribution < -0.4 is 10.1 Å². The van der Waals surface area contributed by atoms with Gasteiger partial charge >= 0.3 is 0 Å². The third kappa shape index (κ3) is 4.12. The van der Waals surface area contributed by atoms with Crippen molar-refractivity contribution in [2.75, 3.05) is 5.32 Å². The van der Waals surface area contributed by atoms with Crippen LogP contribution in [0, 0.1) is 24.0 Å². The van der Waals surface area contributed by atoms with Gasteiger partial charge in [-0.25, -0.2) is 0 Å². The summed E-state index contributed by atoms with van der Waals surface area (Å²) in [5.41, 5.74) is 1.12. The van der Waals surface area contributed by atoms with E-state index in [-0.39, 0.29) is 23.7 Å². The van der Waals surface area contributed by atoms with Crippen LogP contribution in [-0.4, -0.2) is 16.0 Å². The maximum atomic E-state index is 12.6. The van der Waals surface area contributed by atoms with E-state index in [0.29, 0.717) is 22.6 Å². The molecule has 1 aromatic heterocycles. The van der Waals surface area contributed by atoms with Crippen molar-refractivity contribution < 1.29 is 19.0 Å². The molecule has 0 bridgehead atoms. The first-order valence-electron chi connectivity index (χ1n) is 8.15. The average molecular weight is 367 g/mol. The number of hydrogen-bond donors (Lipinski definition) is 1. The Kier molecular flexibility index (Phi) is 5.16. The van der Waals surface area contributed by atoms with Gasteiger partial charge in [0.05, 0.1) is 10.5 Å². The molecule has 8 heteroatoms. The normalized spacial score (nSPS) is 10.4. The summed E-state index contributed by atoms with van der Waals surface area (Å²) < 4.78 is 10.8. The average Bonchev–Trinajstić information content (AvgIpc) is 3.03. The SMILES string of the molecule is Cc1ccc(NC(=O)c2noc(C)c2COc2ccccc2)c([N+](=O)[O-])c1. The zero-order valence-corrected chi connectivity index (χ0v) is 14.8. The van der Waals surface area contributed by atoms with Crippen molar-refractivity contribution in [1.82, 2.24) is 5.16 Å². The van der Waals surface area contributed by atoms with Gasteiger partial charge in [-0.1, -0.05) is 29.4 Å². The second-order valence-electron chi connectivity index (χ2n) is 5.90. The molecular weight excluding hydrogens is 350 g/mol. The number of hydrogen-bond acceptors (Lipinski definition) is 6. The summed E-state index contributed by atoms with van der Waals surface area (Å²) >= 11 is 0. The highest BCUT2D eigenvalue weighted by Crippen LogP contribution is 2.26. The number of ether oxygens (including phenoxy) is 1. The van der Waals surface area contributed by atoms with Crippen molar-refractivity contribution in [3.05, 3.63) is 81.2 Å². The molecule has 0 aliphatic heterocycles. The lowest BCUT2D eigenvalue weighted by atomic mass is 10.1. The van der Waals surface area contributed by atoms with Gasteiger partial charge < -0.3 is 14.6 Å². The van der Waals surface area contributed by atoms with E-state index in [9.17, 15) is 14.9 Å². The third-order valence-electron chi connectivity index (χ3n) is 3.92. The van der Waals surface area contributed by atoms with E-state index in [1.165, 1.54) is 12.1 Å². The Morgan fingerprint density at radius 2 is 1.96 bits per heavy atom. The van der Waals surface area contributed by atoms with Gasteiger partial charge in [-0.15, -0.1) is 0 Å². The summed E-state index contributed by atoms with van der Waals surface area (Å²) in [4.78, 5) is 23.3. The van der Waals surface area contributed by atoms with Gasteiger partial charge in [-0.3, -0.25) is 14.9 Å². The Hall–Kier alpha value is -3.68. The summed E-state index contributed by atoms with van der Waals surface area (Å²) in [7, 11) is 0. The molecular formula is C19H17N3O5. The first-order chi connectivity index (χ1) is 13.0. The molecule has 0 spiro atoms. The molecule has 0 aliphatic rings. The Morgan fingerprint density at radius 3 is 2.67 bits per heavy atom. The number of nitrogens with zero attached hydrogens (tertiary/aromatic N) is 2. The van der Waals surface area contributed by atoms with Crippen LogP contribution >= 0.6 is 0 Å². The smallest absolute Gasteiger partial charge is 0.293 e. The molecule has 1 N–H and O–H groups in total. The summed E-state index contributed by atoms with van der Waals surface area (Å²) in [6, 6.07) is 13.7. The first-order valence-corrected chi connectivity index (χ1v) is 8.15. The van der Waals surface area contributed by atoms with Crippen LogP contribution in [0.2, 0.25) is 0 Å². The van der Waals surface area contributed by atoms with Crippen LogP contribution in [0.25, 0.3) is 0 Å². The first kappa shape index (κ1) is 18.1. The number of carbonyl (C=O) groups excluding carboxylic acids is 1. The minimum Gasteiger partial charge on any atom is -0.489 e. The standard InChI is InChI=1S/C19H17N3O5/c1-12-8-9-16(17(10-12)22(24)25)20-19(23)18-15(13(2)27-21-18)11-26-14-6-4-3-5-7-14/h3-10H,11H2,1-2H3,(H,20,23). The molecule has 8 nitrogen and oxygen atoms in total. The highest BCUT2D eigenvalue weighted by atomic mass is 16.6. The van der Waals surface area contributed by atoms with Gasteiger partial charge in [0.1, 0.15) is 23.8 Å². The van der Waals surface area contributed by atoms with Crippen LogP contribution in [0.1, 0.15) is 27.4 Å². The summed E-state index contributed by atoms with van der Waals surface area (Å²) in [5, 5.41) is 17.5. The zero-order valence-electron chi connectivity index (χ0n) is 14.8. The predicted octanol–water partition coefficient (Wildman–Crippen LogP) is 4.03. The number of para-hydroxylation sites is 1. The number of nitrogens with one attached hydrogen (secondary N) is 1. The quantitative estimate of drug-likeness (QED) is 0.520. The molecule has 2 aromatic carbocycles. The number of nitro benzene ring substituents is 1. The fourth-order valence-corrected chi connectivity index (χ4v) is 2.49. The molecule has 0 atom stereocenters. The summed E-state index contributed by atoms with van der Waals surface area (Å²) in [6.07, 6.45) is 0. The number of benzene rings is 2. The highest BCUT2D eigenvalue weighted by Gasteiger charge is 2.23. The van der Waals surface area contributed by atoms with E-state index >= 15 is 0 Å². The van der Waals surface area contributed by atoms with Crippen molar-refractivity contribution in [1.29, 1.82) is 0 Å². The monoisotopic (exact) mass is 367 g/mol. The molecule has 0 aliphatic carbocycles. The summed E-state index contributed by atoms with van der Waals surface area (Å²) in [5.74, 6) is 0.471. The van der Waals surface area contributed by atoms with Crippen LogP contribution in [0.4, 0.5) is 11.4 Å². The maximum absolute atomic E-state index is 12.6. The van der Waals surface area contributed by atoms with E-state index < -0.39 is 10.8 Å². The number of aromatic nitrogens is 1. The summed E-state index contributed by atoms with van der Waals surface area (Å²) in [6.45, 7) is 3.48. The van der Waals surface area contributed by atoms with Crippen molar-refractivity contribution in [3.63, 3.8) is 0 Å². The molecule has 3 rings (SSSR count). The van der Waals surface area contributed by atoms with Gasteiger partial charge in [0.15, 0.2) is 5.69 Å². The Balaban J connectivity index is 1.81. The zero-order chi connectivity index (χ0) is 19.4. The van der Waals surface area contributed by atoms with E-state index in [0.717, 1.165) is 0 Å². The molecule has 27 heavy (non-hydrogen) atoms. The van der Waals surface area contributed by atoms with Crippen LogP contribution in [0.3, 0.4) is 0 Å². The van der Waals surface area contributed by atoms with E-state index in [2.05, 4.69) is 10.5 Å². The minimum atomic E-state index is -0.606. The fraction of sp³-hybridized carbons (Fsp3) is 0.158. The number of carbonyl (C=O) groups is 1. The molecule has 1 amide bonds. The van der Waals surface area contributed by atoms with Crippen molar-refractivity contribution in [2.45, 2.75) is 20.5 Å². The van der Waals surface area contributed by atoms with Crippen LogP contribution in [0.15, 0.2) is 53.1 Å². The van der Waals surface area contributed by atoms with E-state index in [1.54, 1.807) is 32.0 Å². The number of amides is 1. The van der Waals surface area contributed by atoms with Crippen molar-refractivity contribution in [3.8, 4) is 5.75 Å². The maximum Gasteiger partial charge on any atom is 0.293 e. The molecule has 0 saturated heterocycles. The van der Waals surface area contributed by atoms with Crippen molar-refractivity contribution >= 4 is 17.3 Å². The highest BCUT2D eigenvalue weighted by molar-refractivity contribution is 6.05. The van der Waals surface area contributed by atoms with E-state index in [4.69, 9.17) is 9.26 Å². The Morgan fingerprint density at radius 1 is 1.22 bits per heavy atom. The topological polar surface area (TPSA) is 108 Å². The number of nitro groups is 1. The van der Waals surface area contributed by atoms with Gasteiger partial charge in [-0.05, 0) is 37.6 Å². The van der Waals surface area contributed by atoms with Crippen LogP contribution in [0.5, 0.6) is 5.75 Å². The molecule has 0 unspecified atom stereocenters. The third-order valence-corrected chi connectivity index (χ3v) is 3.92. The van der Waals surface area contributed by atoms with Crippen LogP contribution in [-0.2, 0) is 6.61 Å². The molecule has 0 saturated carbocycles. The van der Waals surface area contributed by atoms with Gasteiger partial charge in [0.2, 0.25) is 0 Å². The number of anilines is 1. The molecule has 1 heterocycles. The Bertz CT molecular complexity index is 982. The predicted molar refractivity (Wildman–Crippen MR) is 97.8 cm³/mol. The van der Waals surface area contributed by atoms with Crippen molar-refractivity contribution in [2.24, 2.45) is 0 Å².